The second-order valence-corrected chi connectivity index (χ2v) is 6.78. The van der Waals surface area contributed by atoms with Crippen molar-refractivity contribution in [1.82, 2.24) is 19.5 Å². The standard InChI is InChI=1S/C18H20ClN5O/c1-23-16-15(7-3-8-20-16)22-18(23)24-10-4-5-13(11-24)12-25-17-14(19)6-2-9-21-17/h2-3,6-9,13H,4-5,10-12H2,1H3. The van der Waals surface area contributed by atoms with E-state index in [1.54, 1.807) is 24.5 Å². The fourth-order valence-electron chi connectivity index (χ4n) is 3.35. The lowest BCUT2D eigenvalue weighted by atomic mass is 9.99. The number of pyridine rings is 2. The summed E-state index contributed by atoms with van der Waals surface area (Å²) >= 11 is 6.11. The van der Waals surface area contributed by atoms with Crippen LogP contribution in [-0.4, -0.2) is 39.2 Å². The van der Waals surface area contributed by atoms with E-state index in [0.29, 0.717) is 23.4 Å². The SMILES string of the molecule is Cn1c(N2CCCC(COc3ncccc3Cl)C2)nc2cccnc21. The van der Waals surface area contributed by atoms with E-state index in [0.717, 1.165) is 43.0 Å². The van der Waals surface area contributed by atoms with Gasteiger partial charge in [0.2, 0.25) is 11.8 Å². The van der Waals surface area contributed by atoms with Crippen LogP contribution < -0.4 is 9.64 Å². The summed E-state index contributed by atoms with van der Waals surface area (Å²) in [6.07, 6.45) is 5.74. The number of rotatable bonds is 4. The molecule has 0 saturated carbocycles. The number of fused-ring (bicyclic) bond motifs is 1. The lowest BCUT2D eigenvalue weighted by molar-refractivity contribution is 0.221. The lowest BCUT2D eigenvalue weighted by Crippen LogP contribution is -2.39. The Kier molecular flexibility index (Phi) is 4.44. The number of hydrogen-bond donors (Lipinski definition) is 0. The Bertz CT molecular complexity index is 881. The van der Waals surface area contributed by atoms with Crippen molar-refractivity contribution >= 4 is 28.7 Å². The number of anilines is 1. The molecule has 0 spiro atoms. The molecule has 0 radical (unpaired) electrons. The van der Waals surface area contributed by atoms with Crippen LogP contribution in [0.1, 0.15) is 12.8 Å². The van der Waals surface area contributed by atoms with Gasteiger partial charge in [0.25, 0.3) is 0 Å². The van der Waals surface area contributed by atoms with Crippen molar-refractivity contribution in [3.63, 3.8) is 0 Å². The molecule has 1 unspecified atom stereocenters. The van der Waals surface area contributed by atoms with Crippen molar-refractivity contribution in [2.45, 2.75) is 12.8 Å². The molecule has 25 heavy (non-hydrogen) atoms. The topological polar surface area (TPSA) is 56.1 Å². The largest absolute Gasteiger partial charge is 0.476 e. The van der Waals surface area contributed by atoms with Gasteiger partial charge in [0, 0.05) is 38.4 Å². The fourth-order valence-corrected chi connectivity index (χ4v) is 3.53. The number of halogens is 1. The van der Waals surface area contributed by atoms with Gasteiger partial charge in [-0.05, 0) is 37.1 Å². The summed E-state index contributed by atoms with van der Waals surface area (Å²) in [5.41, 5.74) is 1.84. The van der Waals surface area contributed by atoms with Crippen molar-refractivity contribution in [2.75, 3.05) is 24.6 Å². The molecule has 4 rings (SSSR count). The second-order valence-electron chi connectivity index (χ2n) is 6.37. The highest BCUT2D eigenvalue weighted by atomic mass is 35.5. The maximum atomic E-state index is 6.11. The highest BCUT2D eigenvalue weighted by Gasteiger charge is 2.24. The molecule has 1 aliphatic heterocycles. The van der Waals surface area contributed by atoms with Gasteiger partial charge in [-0.3, -0.25) is 4.57 Å². The van der Waals surface area contributed by atoms with Crippen molar-refractivity contribution in [2.24, 2.45) is 13.0 Å². The Morgan fingerprint density at radius 3 is 2.92 bits per heavy atom. The summed E-state index contributed by atoms with van der Waals surface area (Å²) in [5.74, 6) is 1.89. The summed E-state index contributed by atoms with van der Waals surface area (Å²) in [7, 11) is 2.02. The number of ether oxygens (including phenoxy) is 1. The molecule has 7 heteroatoms. The van der Waals surface area contributed by atoms with Crippen LogP contribution >= 0.6 is 11.6 Å². The Labute approximate surface area is 151 Å². The third-order valence-corrected chi connectivity index (χ3v) is 4.87. The van der Waals surface area contributed by atoms with Crippen LogP contribution in [0, 0.1) is 5.92 Å². The number of imidazole rings is 1. The van der Waals surface area contributed by atoms with Gasteiger partial charge in [-0.15, -0.1) is 0 Å². The maximum absolute atomic E-state index is 6.11. The number of hydrogen-bond acceptors (Lipinski definition) is 5. The number of aryl methyl sites for hydroxylation is 1. The van der Waals surface area contributed by atoms with Crippen LogP contribution in [0.2, 0.25) is 5.02 Å². The zero-order chi connectivity index (χ0) is 17.2. The molecule has 130 valence electrons. The van der Waals surface area contributed by atoms with Gasteiger partial charge >= 0.3 is 0 Å². The van der Waals surface area contributed by atoms with Gasteiger partial charge in [-0.25, -0.2) is 15.0 Å². The van der Waals surface area contributed by atoms with Crippen LogP contribution in [-0.2, 0) is 7.05 Å². The van der Waals surface area contributed by atoms with Crippen molar-refractivity contribution in [3.05, 3.63) is 41.7 Å². The smallest absolute Gasteiger partial charge is 0.232 e. The van der Waals surface area contributed by atoms with Crippen molar-refractivity contribution in [1.29, 1.82) is 0 Å². The number of piperidine rings is 1. The molecule has 6 nitrogen and oxygen atoms in total. The van der Waals surface area contributed by atoms with E-state index < -0.39 is 0 Å². The fraction of sp³-hybridized carbons (Fsp3) is 0.389. The van der Waals surface area contributed by atoms with Gasteiger partial charge in [-0.2, -0.15) is 0 Å². The van der Waals surface area contributed by atoms with Crippen LogP contribution in [0.4, 0.5) is 5.95 Å². The molecular weight excluding hydrogens is 338 g/mol. The highest BCUT2D eigenvalue weighted by molar-refractivity contribution is 6.31. The molecular formula is C18H20ClN5O. The second kappa shape index (κ2) is 6.88. The van der Waals surface area contributed by atoms with Crippen LogP contribution in [0.5, 0.6) is 5.88 Å². The molecule has 4 heterocycles. The minimum absolute atomic E-state index is 0.416. The van der Waals surface area contributed by atoms with Gasteiger partial charge in [0.15, 0.2) is 5.65 Å². The van der Waals surface area contributed by atoms with E-state index in [2.05, 4.69) is 19.4 Å². The summed E-state index contributed by atoms with van der Waals surface area (Å²) < 4.78 is 7.90. The van der Waals surface area contributed by atoms with E-state index in [1.807, 2.05) is 19.2 Å². The first kappa shape index (κ1) is 16.1. The zero-order valence-electron chi connectivity index (χ0n) is 14.1. The Hall–Kier alpha value is -2.34. The van der Waals surface area contributed by atoms with E-state index in [9.17, 15) is 0 Å². The minimum Gasteiger partial charge on any atom is -0.476 e. The number of nitrogens with zero attached hydrogens (tertiary/aromatic N) is 5. The first-order valence-electron chi connectivity index (χ1n) is 8.48. The Balaban J connectivity index is 1.47. The molecule has 0 aromatic carbocycles. The third-order valence-electron chi connectivity index (χ3n) is 4.59. The summed E-state index contributed by atoms with van der Waals surface area (Å²) in [4.78, 5) is 15.7. The quantitative estimate of drug-likeness (QED) is 0.717. The van der Waals surface area contributed by atoms with Crippen molar-refractivity contribution < 1.29 is 4.74 Å². The molecule has 1 fully saturated rings. The minimum atomic E-state index is 0.416. The van der Waals surface area contributed by atoms with Gasteiger partial charge in [-0.1, -0.05) is 11.6 Å². The molecule has 0 bridgehead atoms. The molecule has 0 amide bonds. The Morgan fingerprint density at radius 2 is 2.08 bits per heavy atom. The van der Waals surface area contributed by atoms with Crippen molar-refractivity contribution in [3.8, 4) is 5.88 Å². The predicted molar refractivity (Wildman–Crippen MR) is 98.2 cm³/mol. The van der Waals surface area contributed by atoms with Gasteiger partial charge in [0.1, 0.15) is 10.5 Å². The van der Waals surface area contributed by atoms with Crippen LogP contribution in [0.15, 0.2) is 36.7 Å². The zero-order valence-corrected chi connectivity index (χ0v) is 14.9. The predicted octanol–water partition coefficient (Wildman–Crippen LogP) is 3.31. The van der Waals surface area contributed by atoms with Crippen LogP contribution in [0.25, 0.3) is 11.2 Å². The van der Waals surface area contributed by atoms with E-state index in [-0.39, 0.29) is 0 Å². The number of aromatic nitrogens is 4. The van der Waals surface area contributed by atoms with Crippen LogP contribution in [0.3, 0.4) is 0 Å². The molecule has 1 saturated heterocycles. The summed E-state index contributed by atoms with van der Waals surface area (Å²) in [5, 5.41) is 0.552. The van der Waals surface area contributed by atoms with Gasteiger partial charge < -0.3 is 9.64 Å². The summed E-state index contributed by atoms with van der Waals surface area (Å²) in [6, 6.07) is 7.52. The molecule has 3 aromatic heterocycles. The first-order chi connectivity index (χ1) is 12.2. The third kappa shape index (κ3) is 3.26. The van der Waals surface area contributed by atoms with E-state index in [4.69, 9.17) is 21.3 Å². The van der Waals surface area contributed by atoms with E-state index in [1.165, 1.54) is 0 Å². The normalized spacial score (nSPS) is 17.8. The monoisotopic (exact) mass is 357 g/mol. The molecule has 1 aliphatic rings. The van der Waals surface area contributed by atoms with E-state index >= 15 is 0 Å². The lowest BCUT2D eigenvalue weighted by Gasteiger charge is -2.33. The highest BCUT2D eigenvalue weighted by Crippen LogP contribution is 2.26. The summed E-state index contributed by atoms with van der Waals surface area (Å²) in [6.45, 7) is 2.51. The molecule has 0 aliphatic carbocycles. The first-order valence-corrected chi connectivity index (χ1v) is 8.86. The molecule has 1 atom stereocenters. The average Bonchev–Trinajstić information content (AvgIpc) is 2.98. The molecule has 3 aromatic rings. The molecule has 0 N–H and O–H groups in total. The average molecular weight is 358 g/mol. The Morgan fingerprint density at radius 1 is 1.24 bits per heavy atom. The maximum Gasteiger partial charge on any atom is 0.232 e. The van der Waals surface area contributed by atoms with Gasteiger partial charge in [0.05, 0.1) is 6.61 Å².